The highest BCUT2D eigenvalue weighted by Crippen LogP contribution is 2.29. The molecule has 18 heavy (non-hydrogen) atoms. The van der Waals surface area contributed by atoms with Gasteiger partial charge in [0.2, 0.25) is 0 Å². The van der Waals surface area contributed by atoms with Gasteiger partial charge in [0.25, 0.3) is 5.22 Å². The van der Waals surface area contributed by atoms with Crippen LogP contribution in [-0.2, 0) is 6.54 Å². The van der Waals surface area contributed by atoms with E-state index in [1.54, 1.807) is 0 Å². The van der Waals surface area contributed by atoms with Crippen molar-refractivity contribution in [2.24, 2.45) is 0 Å². The number of hydrogen-bond donors (Lipinski definition) is 1. The molecule has 0 atom stereocenters. The summed E-state index contributed by atoms with van der Waals surface area (Å²) in [4.78, 5) is 5.06. The third kappa shape index (κ3) is 3.11. The summed E-state index contributed by atoms with van der Waals surface area (Å²) in [6.07, 6.45) is 0. The molecule has 0 spiro atoms. The molecule has 0 fully saturated rings. The first-order valence-corrected chi connectivity index (χ1v) is 6.46. The first-order valence-electron chi connectivity index (χ1n) is 5.64. The van der Waals surface area contributed by atoms with Crippen molar-refractivity contribution in [2.45, 2.75) is 30.5 Å². The summed E-state index contributed by atoms with van der Waals surface area (Å²) < 4.78 is 18.9. The molecule has 1 aromatic heterocycles. The van der Waals surface area contributed by atoms with E-state index in [4.69, 9.17) is 4.42 Å². The van der Waals surface area contributed by atoms with Crippen molar-refractivity contribution in [2.75, 3.05) is 7.05 Å². The van der Waals surface area contributed by atoms with E-state index in [0.29, 0.717) is 11.8 Å². The molecule has 0 aliphatic rings. The van der Waals surface area contributed by atoms with Crippen molar-refractivity contribution < 1.29 is 8.81 Å². The molecular formula is C13H15FN2OS. The number of aromatic nitrogens is 1. The third-order valence-electron chi connectivity index (χ3n) is 2.53. The normalized spacial score (nSPS) is 10.9. The first kappa shape index (κ1) is 13.1. The smallest absolute Gasteiger partial charge is 0.260 e. The van der Waals surface area contributed by atoms with Crippen LogP contribution in [0.2, 0.25) is 0 Å². The lowest BCUT2D eigenvalue weighted by molar-refractivity contribution is 0.431. The minimum absolute atomic E-state index is 0.245. The van der Waals surface area contributed by atoms with Crippen molar-refractivity contribution >= 4 is 11.8 Å². The maximum atomic E-state index is 13.4. The predicted octanol–water partition coefficient (Wildman–Crippen LogP) is 3.30. The molecule has 0 amide bonds. The van der Waals surface area contributed by atoms with Crippen LogP contribution in [0, 0.1) is 19.7 Å². The molecule has 0 saturated carbocycles. The van der Waals surface area contributed by atoms with E-state index in [0.717, 1.165) is 21.9 Å². The van der Waals surface area contributed by atoms with Gasteiger partial charge in [-0.1, -0.05) is 0 Å². The van der Waals surface area contributed by atoms with Crippen LogP contribution in [0.4, 0.5) is 4.39 Å². The topological polar surface area (TPSA) is 38.1 Å². The summed E-state index contributed by atoms with van der Waals surface area (Å²) in [5.41, 5.74) is 1.77. The second kappa shape index (κ2) is 5.54. The molecule has 0 saturated heterocycles. The van der Waals surface area contributed by atoms with Gasteiger partial charge in [-0.2, -0.15) is 0 Å². The molecule has 2 aromatic rings. The standard InChI is InChI=1S/C13H15FN2OS/c1-8-9(2)17-13(16-8)18-12-5-10(7-15-3)4-11(14)6-12/h4-6,15H,7H2,1-3H3. The predicted molar refractivity (Wildman–Crippen MR) is 69.3 cm³/mol. The van der Waals surface area contributed by atoms with E-state index < -0.39 is 0 Å². The summed E-state index contributed by atoms with van der Waals surface area (Å²) in [5, 5.41) is 3.55. The summed E-state index contributed by atoms with van der Waals surface area (Å²) in [7, 11) is 1.83. The molecule has 0 bridgehead atoms. The number of oxazole rings is 1. The Morgan fingerprint density at radius 1 is 1.33 bits per heavy atom. The van der Waals surface area contributed by atoms with E-state index in [1.807, 2.05) is 27.0 Å². The largest absolute Gasteiger partial charge is 0.436 e. The molecule has 0 aliphatic heterocycles. The van der Waals surface area contributed by atoms with Gasteiger partial charge < -0.3 is 9.73 Å². The summed E-state index contributed by atoms with van der Waals surface area (Å²) in [6, 6.07) is 4.93. The fraction of sp³-hybridized carbons (Fsp3) is 0.308. The summed E-state index contributed by atoms with van der Waals surface area (Å²) >= 11 is 1.33. The number of nitrogens with one attached hydrogen (secondary N) is 1. The lowest BCUT2D eigenvalue weighted by Gasteiger charge is -2.03. The zero-order valence-corrected chi connectivity index (χ0v) is 11.4. The molecule has 3 nitrogen and oxygen atoms in total. The van der Waals surface area contributed by atoms with Crippen molar-refractivity contribution in [1.82, 2.24) is 10.3 Å². The van der Waals surface area contributed by atoms with Gasteiger partial charge in [-0.25, -0.2) is 9.37 Å². The van der Waals surface area contributed by atoms with Gasteiger partial charge in [0, 0.05) is 11.4 Å². The molecule has 1 aromatic carbocycles. The van der Waals surface area contributed by atoms with Crippen molar-refractivity contribution in [1.29, 1.82) is 0 Å². The molecule has 0 aliphatic carbocycles. The molecular weight excluding hydrogens is 251 g/mol. The van der Waals surface area contributed by atoms with Gasteiger partial charge in [-0.3, -0.25) is 0 Å². The summed E-state index contributed by atoms with van der Waals surface area (Å²) in [5.74, 6) is 0.551. The van der Waals surface area contributed by atoms with Gasteiger partial charge in [0.15, 0.2) is 0 Å². The van der Waals surface area contributed by atoms with Crippen LogP contribution in [0.15, 0.2) is 32.7 Å². The Labute approximate surface area is 110 Å². The number of aryl methyl sites for hydroxylation is 2. The average molecular weight is 266 g/mol. The van der Waals surface area contributed by atoms with E-state index in [1.165, 1.54) is 23.9 Å². The number of benzene rings is 1. The Balaban J connectivity index is 2.22. The molecule has 1 heterocycles. The summed E-state index contributed by atoms with van der Waals surface area (Å²) in [6.45, 7) is 4.39. The van der Waals surface area contributed by atoms with Crippen molar-refractivity contribution in [3.05, 3.63) is 41.0 Å². The van der Waals surface area contributed by atoms with Gasteiger partial charge in [-0.15, -0.1) is 0 Å². The van der Waals surface area contributed by atoms with Crippen LogP contribution in [0.1, 0.15) is 17.0 Å². The number of hydrogen-bond acceptors (Lipinski definition) is 4. The minimum Gasteiger partial charge on any atom is -0.436 e. The van der Waals surface area contributed by atoms with Gasteiger partial charge in [-0.05, 0) is 56.4 Å². The van der Waals surface area contributed by atoms with Crippen molar-refractivity contribution in [3.63, 3.8) is 0 Å². The maximum absolute atomic E-state index is 13.4. The second-order valence-electron chi connectivity index (χ2n) is 4.05. The Bertz CT molecular complexity index is 534. The maximum Gasteiger partial charge on any atom is 0.260 e. The third-order valence-corrected chi connectivity index (χ3v) is 3.35. The second-order valence-corrected chi connectivity index (χ2v) is 5.07. The van der Waals surface area contributed by atoms with Gasteiger partial charge in [0.05, 0.1) is 5.69 Å². The van der Waals surface area contributed by atoms with Gasteiger partial charge >= 0.3 is 0 Å². The fourth-order valence-corrected chi connectivity index (χ4v) is 2.51. The van der Waals surface area contributed by atoms with Crippen LogP contribution in [0.3, 0.4) is 0 Å². The number of rotatable bonds is 4. The molecule has 2 rings (SSSR count). The van der Waals surface area contributed by atoms with Crippen LogP contribution < -0.4 is 5.32 Å². The zero-order valence-electron chi connectivity index (χ0n) is 10.6. The molecule has 96 valence electrons. The monoisotopic (exact) mass is 266 g/mol. The van der Waals surface area contributed by atoms with E-state index in [2.05, 4.69) is 10.3 Å². The number of nitrogens with zero attached hydrogens (tertiary/aromatic N) is 1. The highest BCUT2D eigenvalue weighted by molar-refractivity contribution is 7.99. The fourth-order valence-electron chi connectivity index (χ4n) is 1.57. The Kier molecular flexibility index (Phi) is 4.04. The minimum atomic E-state index is -0.245. The van der Waals surface area contributed by atoms with Crippen LogP contribution in [-0.4, -0.2) is 12.0 Å². The van der Waals surface area contributed by atoms with Crippen LogP contribution in [0.25, 0.3) is 0 Å². The zero-order chi connectivity index (χ0) is 13.1. The molecule has 0 radical (unpaired) electrons. The Morgan fingerprint density at radius 3 is 2.72 bits per heavy atom. The first-order chi connectivity index (χ1) is 8.58. The molecule has 1 N–H and O–H groups in total. The molecule has 0 unspecified atom stereocenters. The molecule has 5 heteroatoms. The lowest BCUT2D eigenvalue weighted by atomic mass is 10.2. The van der Waals surface area contributed by atoms with E-state index in [9.17, 15) is 4.39 Å². The Morgan fingerprint density at radius 2 is 2.11 bits per heavy atom. The van der Waals surface area contributed by atoms with Crippen LogP contribution in [0.5, 0.6) is 0 Å². The van der Waals surface area contributed by atoms with E-state index in [-0.39, 0.29) is 5.82 Å². The quantitative estimate of drug-likeness (QED) is 0.921. The number of halogens is 1. The average Bonchev–Trinajstić information content (AvgIpc) is 2.57. The highest BCUT2D eigenvalue weighted by atomic mass is 32.2. The van der Waals surface area contributed by atoms with E-state index >= 15 is 0 Å². The Hall–Kier alpha value is -1.33. The van der Waals surface area contributed by atoms with Crippen LogP contribution >= 0.6 is 11.8 Å². The van der Waals surface area contributed by atoms with Crippen molar-refractivity contribution in [3.8, 4) is 0 Å². The lowest BCUT2D eigenvalue weighted by Crippen LogP contribution is -2.05. The highest BCUT2D eigenvalue weighted by Gasteiger charge is 2.09. The SMILES string of the molecule is CNCc1cc(F)cc(Sc2nc(C)c(C)o2)c1. The van der Waals surface area contributed by atoms with Gasteiger partial charge in [0.1, 0.15) is 11.6 Å².